The molecule has 110 valence electrons. The Morgan fingerprint density at radius 1 is 1.15 bits per heavy atom. The fourth-order valence-corrected chi connectivity index (χ4v) is 3.40. The normalized spacial score (nSPS) is 24.9. The van der Waals surface area contributed by atoms with Gasteiger partial charge in [-0.25, -0.2) is 0 Å². The molecule has 0 unspecified atom stereocenters. The summed E-state index contributed by atoms with van der Waals surface area (Å²) in [5, 5.41) is 4.20. The number of aromatic nitrogens is 2. The monoisotopic (exact) mass is 277 g/mol. The number of nitrogens with zero attached hydrogens (tertiary/aromatic N) is 3. The van der Waals surface area contributed by atoms with Gasteiger partial charge in [-0.15, -0.1) is 0 Å². The van der Waals surface area contributed by atoms with E-state index in [4.69, 9.17) is 4.52 Å². The van der Waals surface area contributed by atoms with Gasteiger partial charge in [0.1, 0.15) is 0 Å². The minimum Gasteiger partial charge on any atom is -0.342 e. The quantitative estimate of drug-likeness (QED) is 0.834. The van der Waals surface area contributed by atoms with E-state index in [-0.39, 0.29) is 11.8 Å². The summed E-state index contributed by atoms with van der Waals surface area (Å²) in [7, 11) is 0. The predicted octanol–water partition coefficient (Wildman–Crippen LogP) is 2.84. The molecule has 0 aromatic carbocycles. The van der Waals surface area contributed by atoms with Crippen LogP contribution in [0.3, 0.4) is 0 Å². The van der Waals surface area contributed by atoms with E-state index in [2.05, 4.69) is 10.1 Å². The van der Waals surface area contributed by atoms with E-state index in [0.29, 0.717) is 5.92 Å². The summed E-state index contributed by atoms with van der Waals surface area (Å²) in [6.07, 6.45) is 8.30. The minimum absolute atomic E-state index is 0.140. The van der Waals surface area contributed by atoms with Crippen molar-refractivity contribution in [2.45, 2.75) is 63.7 Å². The molecule has 1 aliphatic carbocycles. The van der Waals surface area contributed by atoms with Crippen molar-refractivity contribution in [2.24, 2.45) is 0 Å². The average Bonchev–Trinajstić information content (AvgIpc) is 2.98. The van der Waals surface area contributed by atoms with E-state index in [1.54, 1.807) is 6.92 Å². The number of piperidine rings is 1. The first-order valence-electron chi connectivity index (χ1n) is 7.83. The second-order valence-corrected chi connectivity index (χ2v) is 6.13. The van der Waals surface area contributed by atoms with Crippen LogP contribution >= 0.6 is 0 Å². The second-order valence-electron chi connectivity index (χ2n) is 6.13. The largest absolute Gasteiger partial charge is 0.342 e. The topological polar surface area (TPSA) is 59.2 Å². The number of hydrogen-bond acceptors (Lipinski definition) is 4. The van der Waals surface area contributed by atoms with E-state index >= 15 is 0 Å². The van der Waals surface area contributed by atoms with Crippen LogP contribution in [0.4, 0.5) is 0 Å². The van der Waals surface area contributed by atoms with Crippen LogP contribution < -0.4 is 0 Å². The molecule has 1 amide bonds. The summed E-state index contributed by atoms with van der Waals surface area (Å²) in [6, 6.07) is 0. The van der Waals surface area contributed by atoms with E-state index < -0.39 is 0 Å². The molecule has 2 aliphatic rings. The highest BCUT2D eigenvalue weighted by Gasteiger charge is 2.28. The van der Waals surface area contributed by atoms with Crippen molar-refractivity contribution >= 4 is 5.91 Å². The fraction of sp³-hybridized carbons (Fsp3) is 0.800. The maximum atomic E-state index is 11.5. The molecule has 5 nitrogen and oxygen atoms in total. The number of rotatable bonds is 2. The zero-order valence-corrected chi connectivity index (χ0v) is 12.2. The highest BCUT2D eigenvalue weighted by Crippen LogP contribution is 2.32. The second kappa shape index (κ2) is 5.94. The van der Waals surface area contributed by atoms with Crippen molar-refractivity contribution in [3.05, 3.63) is 11.7 Å². The Labute approximate surface area is 119 Å². The maximum Gasteiger partial charge on any atom is 0.231 e. The molecule has 3 rings (SSSR count). The van der Waals surface area contributed by atoms with Crippen LogP contribution in [-0.2, 0) is 4.79 Å². The molecule has 1 aromatic rings. The van der Waals surface area contributed by atoms with Crippen LogP contribution in [0.2, 0.25) is 0 Å². The molecule has 0 radical (unpaired) electrons. The van der Waals surface area contributed by atoms with Crippen LogP contribution in [0.15, 0.2) is 4.52 Å². The van der Waals surface area contributed by atoms with E-state index in [9.17, 15) is 4.79 Å². The molecule has 1 saturated heterocycles. The first kappa shape index (κ1) is 13.6. The van der Waals surface area contributed by atoms with Crippen LogP contribution in [-0.4, -0.2) is 34.0 Å². The van der Waals surface area contributed by atoms with Crippen molar-refractivity contribution in [3.63, 3.8) is 0 Å². The number of hydrogen-bond donors (Lipinski definition) is 0. The highest BCUT2D eigenvalue weighted by atomic mass is 16.5. The molecule has 20 heavy (non-hydrogen) atoms. The Kier molecular flexibility index (Phi) is 4.03. The molecule has 1 atom stereocenters. The van der Waals surface area contributed by atoms with E-state index in [1.807, 2.05) is 4.90 Å². The van der Waals surface area contributed by atoms with Gasteiger partial charge in [0.2, 0.25) is 11.8 Å². The molecule has 2 heterocycles. The number of carbonyl (C=O) groups excluding carboxylic acids is 1. The molecular formula is C15H23N3O2. The fourth-order valence-electron chi connectivity index (χ4n) is 3.40. The van der Waals surface area contributed by atoms with Crippen molar-refractivity contribution in [1.29, 1.82) is 0 Å². The lowest BCUT2D eigenvalue weighted by Gasteiger charge is -2.30. The first-order chi connectivity index (χ1) is 9.74. The minimum atomic E-state index is 0.140. The molecular weight excluding hydrogens is 254 g/mol. The highest BCUT2D eigenvalue weighted by molar-refractivity contribution is 5.73. The van der Waals surface area contributed by atoms with Gasteiger partial charge in [-0.2, -0.15) is 4.98 Å². The maximum absolute atomic E-state index is 11.5. The summed E-state index contributed by atoms with van der Waals surface area (Å²) in [6.45, 7) is 3.21. The molecule has 0 N–H and O–H groups in total. The zero-order valence-electron chi connectivity index (χ0n) is 12.2. The van der Waals surface area contributed by atoms with Crippen LogP contribution in [0.25, 0.3) is 0 Å². The standard InChI is InChI=1S/C15H23N3O2/c1-11(19)18-9-5-8-13(10-18)15-16-14(17-20-15)12-6-3-2-4-7-12/h12-13H,2-10H2,1H3/t13-/m0/s1. The van der Waals surface area contributed by atoms with Gasteiger partial charge in [0.15, 0.2) is 5.82 Å². The van der Waals surface area contributed by atoms with Gasteiger partial charge < -0.3 is 9.42 Å². The van der Waals surface area contributed by atoms with Crippen molar-refractivity contribution in [1.82, 2.24) is 15.0 Å². The van der Waals surface area contributed by atoms with Crippen molar-refractivity contribution in [3.8, 4) is 0 Å². The zero-order chi connectivity index (χ0) is 13.9. The Balaban J connectivity index is 1.68. The van der Waals surface area contributed by atoms with Gasteiger partial charge in [-0.05, 0) is 25.7 Å². The molecule has 1 aliphatic heterocycles. The smallest absolute Gasteiger partial charge is 0.231 e. The van der Waals surface area contributed by atoms with Crippen LogP contribution in [0.1, 0.15) is 75.4 Å². The van der Waals surface area contributed by atoms with E-state index in [1.165, 1.54) is 32.1 Å². The third-order valence-electron chi connectivity index (χ3n) is 4.64. The van der Waals surface area contributed by atoms with Crippen molar-refractivity contribution < 1.29 is 9.32 Å². The van der Waals surface area contributed by atoms with Gasteiger partial charge >= 0.3 is 0 Å². The Bertz CT molecular complexity index is 465. The first-order valence-corrected chi connectivity index (χ1v) is 7.83. The molecule has 2 fully saturated rings. The lowest BCUT2D eigenvalue weighted by molar-refractivity contribution is -0.130. The number of amides is 1. The Morgan fingerprint density at radius 3 is 2.65 bits per heavy atom. The Hall–Kier alpha value is -1.39. The van der Waals surface area contributed by atoms with Gasteiger partial charge in [-0.3, -0.25) is 4.79 Å². The third kappa shape index (κ3) is 2.86. The van der Waals surface area contributed by atoms with Crippen LogP contribution in [0, 0.1) is 0 Å². The van der Waals surface area contributed by atoms with E-state index in [0.717, 1.165) is 37.6 Å². The molecule has 0 spiro atoms. The van der Waals surface area contributed by atoms with Gasteiger partial charge in [0, 0.05) is 25.9 Å². The summed E-state index contributed by atoms with van der Waals surface area (Å²) in [5.74, 6) is 2.46. The lowest BCUT2D eigenvalue weighted by Crippen LogP contribution is -2.37. The molecule has 1 aromatic heterocycles. The van der Waals surface area contributed by atoms with Gasteiger partial charge in [0.05, 0.1) is 5.92 Å². The van der Waals surface area contributed by atoms with Crippen molar-refractivity contribution in [2.75, 3.05) is 13.1 Å². The summed E-state index contributed by atoms with van der Waals surface area (Å²) in [4.78, 5) is 18.0. The number of likely N-dealkylation sites (tertiary alicyclic amines) is 1. The SMILES string of the molecule is CC(=O)N1CCC[C@H](c2nc(C3CCCCC3)no2)C1. The average molecular weight is 277 g/mol. The predicted molar refractivity (Wildman–Crippen MR) is 74.4 cm³/mol. The molecule has 0 bridgehead atoms. The molecule has 1 saturated carbocycles. The summed E-state index contributed by atoms with van der Waals surface area (Å²) in [5.41, 5.74) is 0. The third-order valence-corrected chi connectivity index (χ3v) is 4.64. The van der Waals surface area contributed by atoms with Gasteiger partial charge in [-0.1, -0.05) is 24.4 Å². The number of carbonyl (C=O) groups is 1. The van der Waals surface area contributed by atoms with Crippen LogP contribution in [0.5, 0.6) is 0 Å². The molecule has 5 heteroatoms. The summed E-state index contributed by atoms with van der Waals surface area (Å²) >= 11 is 0. The summed E-state index contributed by atoms with van der Waals surface area (Å²) < 4.78 is 5.49. The lowest BCUT2D eigenvalue weighted by atomic mass is 9.89. The van der Waals surface area contributed by atoms with Gasteiger partial charge in [0.25, 0.3) is 0 Å². The Morgan fingerprint density at radius 2 is 1.90 bits per heavy atom.